The summed E-state index contributed by atoms with van der Waals surface area (Å²) in [5, 5.41) is 18.8. The Bertz CT molecular complexity index is 513. The van der Waals surface area contributed by atoms with Gasteiger partial charge < -0.3 is 15.1 Å². The number of carboxylic acids is 1. The number of nitrogens with zero attached hydrogens (tertiary/aromatic N) is 1. The minimum absolute atomic E-state index is 0.0813. The maximum absolute atomic E-state index is 12.4. The van der Waals surface area contributed by atoms with Crippen molar-refractivity contribution in [3.63, 3.8) is 0 Å². The molecule has 1 amide bonds. The van der Waals surface area contributed by atoms with Crippen LogP contribution in [0.15, 0.2) is 18.2 Å². The minimum atomic E-state index is -1.36. The van der Waals surface area contributed by atoms with Crippen LogP contribution in [0.3, 0.4) is 0 Å². The van der Waals surface area contributed by atoms with Crippen LogP contribution in [0.4, 0.5) is 0 Å². The zero-order valence-corrected chi connectivity index (χ0v) is 11.7. The number of carbonyl (C=O) groups is 2. The van der Waals surface area contributed by atoms with Crippen molar-refractivity contribution in [2.24, 2.45) is 0 Å². The second kappa shape index (κ2) is 5.48. The summed E-state index contributed by atoms with van der Waals surface area (Å²) in [5.74, 6) is -1.74. The van der Waals surface area contributed by atoms with Crippen LogP contribution in [0.5, 0.6) is 5.75 Å². The Labute approximate surface area is 116 Å². The molecule has 1 aromatic rings. The Morgan fingerprint density at radius 1 is 1.37 bits per heavy atom. The van der Waals surface area contributed by atoms with Crippen molar-refractivity contribution in [2.75, 3.05) is 6.54 Å². The molecule has 0 saturated carbocycles. The third kappa shape index (κ3) is 2.98. The van der Waals surface area contributed by atoms with Gasteiger partial charge in [-0.15, -0.1) is 0 Å². The van der Waals surface area contributed by atoms with Gasteiger partial charge in [-0.05, 0) is 39.0 Å². The molecule has 0 fully saturated rings. The summed E-state index contributed by atoms with van der Waals surface area (Å²) in [6.45, 7) is 4.77. The molecule has 104 valence electrons. The van der Waals surface area contributed by atoms with Gasteiger partial charge in [0.05, 0.1) is 10.6 Å². The second-order valence-corrected chi connectivity index (χ2v) is 4.98. The molecule has 0 heterocycles. The maximum atomic E-state index is 12.4. The maximum Gasteiger partial charge on any atom is 0.329 e. The highest BCUT2D eigenvalue weighted by molar-refractivity contribution is 6.34. The number of carbonyl (C=O) groups excluding carboxylic acids is 1. The lowest BCUT2D eigenvalue weighted by molar-refractivity contribution is -0.147. The summed E-state index contributed by atoms with van der Waals surface area (Å²) < 4.78 is 0. The van der Waals surface area contributed by atoms with E-state index >= 15 is 0 Å². The molecule has 0 aliphatic carbocycles. The number of hydrogen-bond donors (Lipinski definition) is 2. The predicted octanol–water partition coefficient (Wildman–Crippen LogP) is 2.37. The molecular formula is C13H16ClNO4. The topological polar surface area (TPSA) is 77.8 Å². The number of phenols is 1. The van der Waals surface area contributed by atoms with Crippen LogP contribution >= 0.6 is 11.6 Å². The van der Waals surface area contributed by atoms with Crippen molar-refractivity contribution in [1.82, 2.24) is 4.90 Å². The zero-order chi connectivity index (χ0) is 14.8. The Hall–Kier alpha value is -1.75. The van der Waals surface area contributed by atoms with Gasteiger partial charge in [0, 0.05) is 6.54 Å². The van der Waals surface area contributed by atoms with E-state index in [9.17, 15) is 19.8 Å². The van der Waals surface area contributed by atoms with Gasteiger partial charge in [0.15, 0.2) is 0 Å². The Morgan fingerprint density at radius 3 is 2.42 bits per heavy atom. The molecule has 5 nitrogen and oxygen atoms in total. The second-order valence-electron chi connectivity index (χ2n) is 4.58. The molecule has 6 heteroatoms. The van der Waals surface area contributed by atoms with Crippen molar-refractivity contribution >= 4 is 23.5 Å². The summed E-state index contributed by atoms with van der Waals surface area (Å²) in [5.41, 5.74) is -1.28. The summed E-state index contributed by atoms with van der Waals surface area (Å²) in [7, 11) is 0. The van der Waals surface area contributed by atoms with E-state index < -0.39 is 17.4 Å². The van der Waals surface area contributed by atoms with Crippen LogP contribution in [-0.2, 0) is 4.79 Å². The average Bonchev–Trinajstić information content (AvgIpc) is 2.32. The lowest BCUT2D eigenvalue weighted by atomic mass is 10.0. The Kier molecular flexibility index (Phi) is 4.42. The molecule has 0 atom stereocenters. The number of carboxylic acid groups (broad SMARTS) is 1. The normalized spacial score (nSPS) is 11.2. The van der Waals surface area contributed by atoms with Crippen LogP contribution < -0.4 is 0 Å². The van der Waals surface area contributed by atoms with E-state index in [4.69, 9.17) is 11.6 Å². The Balaban J connectivity index is 3.23. The van der Waals surface area contributed by atoms with Gasteiger partial charge in [0.2, 0.25) is 0 Å². The van der Waals surface area contributed by atoms with Crippen molar-refractivity contribution in [3.8, 4) is 5.75 Å². The molecule has 1 aromatic carbocycles. The molecule has 0 aromatic heterocycles. The predicted molar refractivity (Wildman–Crippen MR) is 71.5 cm³/mol. The zero-order valence-electron chi connectivity index (χ0n) is 11.0. The third-order valence-electron chi connectivity index (χ3n) is 2.94. The van der Waals surface area contributed by atoms with Crippen molar-refractivity contribution in [3.05, 3.63) is 28.8 Å². The summed E-state index contributed by atoms with van der Waals surface area (Å²) in [6.07, 6.45) is 0. The van der Waals surface area contributed by atoms with Gasteiger partial charge in [0.25, 0.3) is 5.91 Å². The molecule has 19 heavy (non-hydrogen) atoms. The van der Waals surface area contributed by atoms with E-state index in [1.54, 1.807) is 6.92 Å². The highest BCUT2D eigenvalue weighted by Gasteiger charge is 2.37. The molecule has 0 aliphatic rings. The van der Waals surface area contributed by atoms with Crippen molar-refractivity contribution in [1.29, 1.82) is 0 Å². The largest absolute Gasteiger partial charge is 0.508 e. The van der Waals surface area contributed by atoms with Crippen LogP contribution in [0.25, 0.3) is 0 Å². The number of benzene rings is 1. The number of rotatable bonds is 4. The van der Waals surface area contributed by atoms with Gasteiger partial charge in [-0.2, -0.15) is 0 Å². The molecule has 2 N–H and O–H groups in total. The van der Waals surface area contributed by atoms with Gasteiger partial charge in [-0.3, -0.25) is 4.79 Å². The fourth-order valence-electron chi connectivity index (χ4n) is 1.73. The number of aromatic hydroxyl groups is 1. The first kappa shape index (κ1) is 15.3. The third-order valence-corrected chi connectivity index (χ3v) is 3.27. The highest BCUT2D eigenvalue weighted by Crippen LogP contribution is 2.25. The molecule has 0 aliphatic heterocycles. The van der Waals surface area contributed by atoms with E-state index in [1.165, 1.54) is 36.9 Å². The van der Waals surface area contributed by atoms with E-state index in [2.05, 4.69) is 0 Å². The quantitative estimate of drug-likeness (QED) is 0.890. The molecule has 1 rings (SSSR count). The SMILES string of the molecule is CCN(C(=O)c1cc(O)ccc1Cl)C(C)(C)C(=O)O. The van der Waals surface area contributed by atoms with Gasteiger partial charge >= 0.3 is 5.97 Å². The lowest BCUT2D eigenvalue weighted by Crippen LogP contribution is -2.52. The average molecular weight is 286 g/mol. The van der Waals surface area contributed by atoms with Crippen molar-refractivity contribution < 1.29 is 19.8 Å². The first-order valence-corrected chi connectivity index (χ1v) is 6.13. The highest BCUT2D eigenvalue weighted by atomic mass is 35.5. The number of amides is 1. The summed E-state index contributed by atoms with van der Waals surface area (Å²) in [4.78, 5) is 24.8. The van der Waals surface area contributed by atoms with E-state index in [0.29, 0.717) is 0 Å². The summed E-state index contributed by atoms with van der Waals surface area (Å²) in [6, 6.07) is 3.98. The number of halogens is 1. The lowest BCUT2D eigenvalue weighted by Gasteiger charge is -2.34. The van der Waals surface area contributed by atoms with Crippen LogP contribution in [-0.4, -0.2) is 39.1 Å². The monoisotopic (exact) mass is 285 g/mol. The molecular weight excluding hydrogens is 270 g/mol. The van der Waals surface area contributed by atoms with Gasteiger partial charge in [-0.25, -0.2) is 4.79 Å². The number of phenolic OH excluding ortho intramolecular Hbond substituents is 1. The molecule has 0 saturated heterocycles. The first-order chi connectivity index (χ1) is 8.71. The van der Waals surface area contributed by atoms with Crippen LogP contribution in [0.1, 0.15) is 31.1 Å². The van der Waals surface area contributed by atoms with Gasteiger partial charge in [-0.1, -0.05) is 11.6 Å². The van der Waals surface area contributed by atoms with E-state index in [0.717, 1.165) is 0 Å². The smallest absolute Gasteiger partial charge is 0.329 e. The number of likely N-dealkylation sites (N-methyl/N-ethyl adjacent to an activating group) is 1. The number of hydrogen-bond acceptors (Lipinski definition) is 3. The van der Waals surface area contributed by atoms with Crippen molar-refractivity contribution in [2.45, 2.75) is 26.3 Å². The Morgan fingerprint density at radius 2 is 1.95 bits per heavy atom. The molecule has 0 radical (unpaired) electrons. The molecule has 0 spiro atoms. The van der Waals surface area contributed by atoms with Gasteiger partial charge in [0.1, 0.15) is 11.3 Å². The fraction of sp³-hybridized carbons (Fsp3) is 0.385. The fourth-order valence-corrected chi connectivity index (χ4v) is 1.93. The first-order valence-electron chi connectivity index (χ1n) is 5.75. The number of aliphatic carboxylic acids is 1. The summed E-state index contributed by atoms with van der Waals surface area (Å²) >= 11 is 5.92. The van der Waals surface area contributed by atoms with Crippen LogP contribution in [0, 0.1) is 0 Å². The molecule has 0 unspecified atom stereocenters. The van der Waals surface area contributed by atoms with E-state index in [-0.39, 0.29) is 22.9 Å². The van der Waals surface area contributed by atoms with Crippen LogP contribution in [0.2, 0.25) is 5.02 Å². The van der Waals surface area contributed by atoms with E-state index in [1.807, 2.05) is 0 Å². The molecule has 0 bridgehead atoms. The standard InChI is InChI=1S/C13H16ClNO4/c1-4-15(13(2,3)12(18)19)11(17)9-7-8(16)5-6-10(9)14/h5-7,16H,4H2,1-3H3,(H,18,19). The minimum Gasteiger partial charge on any atom is -0.508 e.